The maximum Gasteiger partial charge on any atom is 0.256 e. The molecule has 4 atom stereocenters. The first-order chi connectivity index (χ1) is 33.2. The van der Waals surface area contributed by atoms with Crippen molar-refractivity contribution in [3.05, 3.63) is 221 Å². The van der Waals surface area contributed by atoms with Gasteiger partial charge in [0.2, 0.25) is 15.9 Å². The van der Waals surface area contributed by atoms with E-state index >= 15 is 0 Å². The normalized spacial score (nSPS) is 16.5. The highest BCUT2D eigenvalue weighted by molar-refractivity contribution is 7.99. The zero-order chi connectivity index (χ0) is 46.9. The van der Waals surface area contributed by atoms with Gasteiger partial charge < -0.3 is 24.3 Å². The highest BCUT2D eigenvalue weighted by Crippen LogP contribution is 2.41. The molecule has 2 heterocycles. The monoisotopic (exact) mass is 941 g/mol. The average Bonchev–Trinajstić information content (AvgIpc) is 3.83. The Bertz CT molecular complexity index is 2970. The van der Waals surface area contributed by atoms with Crippen LogP contribution in [0.5, 0.6) is 0 Å². The molecule has 0 radical (unpaired) electrons. The maximum absolute atomic E-state index is 13.7. The van der Waals surface area contributed by atoms with Gasteiger partial charge in [-0.3, -0.25) is 4.79 Å². The van der Waals surface area contributed by atoms with Crippen molar-refractivity contribution in [1.82, 2.24) is 15.0 Å². The highest BCUT2D eigenvalue weighted by atomic mass is 32.2. The van der Waals surface area contributed by atoms with Crippen LogP contribution in [0.1, 0.15) is 52.2 Å². The van der Waals surface area contributed by atoms with Crippen LogP contribution in [0.2, 0.25) is 0 Å². The average molecular weight is 942 g/mol. The van der Waals surface area contributed by atoms with E-state index in [0.717, 1.165) is 61.3 Å². The summed E-state index contributed by atoms with van der Waals surface area (Å²) in [5.74, 6) is 0.857. The summed E-state index contributed by atoms with van der Waals surface area (Å²) in [4.78, 5) is 18.8. The third-order valence-electron chi connectivity index (χ3n) is 11.8. The Morgan fingerprint density at radius 2 is 1.32 bits per heavy atom. The van der Waals surface area contributed by atoms with E-state index in [1.54, 1.807) is 24.3 Å². The molecule has 0 aliphatic carbocycles. The Morgan fingerprint density at radius 3 is 2.01 bits per heavy atom. The van der Waals surface area contributed by atoms with Crippen LogP contribution in [0.4, 0.5) is 0 Å². The number of aromatic nitrogens is 1. The molecule has 0 bridgehead atoms. The summed E-state index contributed by atoms with van der Waals surface area (Å²) in [5.41, 5.74) is 9.91. The second-order valence-corrected chi connectivity index (χ2v) is 19.5. The third-order valence-corrected chi connectivity index (χ3v) is 14.3. The SMILES string of the molecule is Cc1ccc(S(=O)(=O)N[C@H](Cc2ccccc2)C(=O)NCc2cccc(-c3ccc([C@@H]4O[C@H](CSc5nc(-c6ccccc6)c(-c6ccccc6)o5)C[C@H](c5ccc(CO)cc5)O4)cc3)c2)cc1. The third kappa shape index (κ3) is 11.5. The van der Waals surface area contributed by atoms with Gasteiger partial charge in [0.05, 0.1) is 23.7 Å². The van der Waals surface area contributed by atoms with Crippen molar-refractivity contribution in [3.63, 3.8) is 0 Å². The van der Waals surface area contributed by atoms with Crippen molar-refractivity contribution in [2.24, 2.45) is 0 Å². The number of oxazole rings is 1. The van der Waals surface area contributed by atoms with E-state index in [2.05, 4.69) is 10.0 Å². The topological polar surface area (TPSA) is 140 Å². The lowest BCUT2D eigenvalue weighted by atomic mass is 9.99. The Hall–Kier alpha value is -6.64. The first kappa shape index (κ1) is 46.5. The lowest BCUT2D eigenvalue weighted by Gasteiger charge is -2.36. The number of aliphatic hydroxyl groups is 1. The van der Waals surface area contributed by atoms with Crippen LogP contribution in [0.25, 0.3) is 33.7 Å². The Labute approximate surface area is 401 Å². The molecule has 344 valence electrons. The fourth-order valence-corrected chi connectivity index (χ4v) is 10.2. The molecule has 1 aliphatic heterocycles. The van der Waals surface area contributed by atoms with Crippen molar-refractivity contribution >= 4 is 27.7 Å². The molecule has 0 saturated carbocycles. The molecule has 7 aromatic carbocycles. The van der Waals surface area contributed by atoms with Crippen molar-refractivity contribution in [2.75, 3.05) is 5.75 Å². The molecule has 10 nitrogen and oxygen atoms in total. The lowest BCUT2D eigenvalue weighted by molar-refractivity contribution is -0.245. The molecule has 0 unspecified atom stereocenters. The van der Waals surface area contributed by atoms with Gasteiger partial charge in [-0.15, -0.1) is 0 Å². The van der Waals surface area contributed by atoms with Crippen LogP contribution in [0, 0.1) is 6.92 Å². The lowest BCUT2D eigenvalue weighted by Crippen LogP contribution is -2.47. The van der Waals surface area contributed by atoms with Gasteiger partial charge in [0.15, 0.2) is 12.1 Å². The molecule has 1 aliphatic rings. The predicted octanol–water partition coefficient (Wildman–Crippen LogP) is 11.0. The summed E-state index contributed by atoms with van der Waals surface area (Å²) in [6.07, 6.45) is -0.365. The Balaban J connectivity index is 0.895. The number of hydrogen-bond donors (Lipinski definition) is 3. The molecule has 3 N–H and O–H groups in total. The van der Waals surface area contributed by atoms with Gasteiger partial charge in [0, 0.05) is 35.4 Å². The number of thioether (sulfide) groups is 1. The Morgan fingerprint density at radius 1 is 0.691 bits per heavy atom. The minimum atomic E-state index is -3.98. The Kier molecular flexibility index (Phi) is 14.7. The zero-order valence-corrected chi connectivity index (χ0v) is 39.0. The zero-order valence-electron chi connectivity index (χ0n) is 37.4. The molecule has 9 rings (SSSR count). The first-order valence-electron chi connectivity index (χ1n) is 22.5. The molecule has 1 aromatic heterocycles. The summed E-state index contributed by atoms with van der Waals surface area (Å²) in [7, 11) is -3.98. The van der Waals surface area contributed by atoms with E-state index < -0.39 is 28.3 Å². The van der Waals surface area contributed by atoms with Gasteiger partial charge >= 0.3 is 0 Å². The van der Waals surface area contributed by atoms with Crippen molar-refractivity contribution in [2.45, 2.75) is 67.6 Å². The number of rotatable bonds is 17. The van der Waals surface area contributed by atoms with Crippen molar-refractivity contribution < 1.29 is 32.2 Å². The van der Waals surface area contributed by atoms with Crippen LogP contribution < -0.4 is 10.0 Å². The van der Waals surface area contributed by atoms with E-state index in [1.165, 1.54) is 11.8 Å². The van der Waals surface area contributed by atoms with Gasteiger partial charge in [-0.2, -0.15) is 4.72 Å². The number of hydrogen-bond acceptors (Lipinski definition) is 9. The van der Waals surface area contributed by atoms with E-state index in [0.29, 0.717) is 23.2 Å². The van der Waals surface area contributed by atoms with Gasteiger partial charge in [0.1, 0.15) is 11.7 Å². The van der Waals surface area contributed by atoms with Crippen molar-refractivity contribution in [3.8, 4) is 33.7 Å². The van der Waals surface area contributed by atoms with E-state index in [9.17, 15) is 18.3 Å². The molecule has 12 heteroatoms. The quantitative estimate of drug-likeness (QED) is 0.0761. The summed E-state index contributed by atoms with van der Waals surface area (Å²) >= 11 is 1.51. The van der Waals surface area contributed by atoms with Crippen LogP contribution in [-0.2, 0) is 43.9 Å². The number of sulfonamides is 1. The molecule has 1 saturated heterocycles. The summed E-state index contributed by atoms with van der Waals surface area (Å²) in [6, 6.07) is 58.7. The first-order valence-corrected chi connectivity index (χ1v) is 25.0. The second-order valence-electron chi connectivity index (χ2n) is 16.8. The van der Waals surface area contributed by atoms with E-state index in [1.807, 2.05) is 171 Å². The standard InChI is InChI=1S/C56H51N3O7S2/c1-38-20-30-49(31-21-38)68(62,63)59-50(33-39-12-5-2-6-13-39)54(61)57-35-41-14-11-19-47(32-41)42-26-28-46(29-27-42)55-64-48(34-51(65-55)43-24-22-40(36-60)23-25-43)37-67-56-58-52(44-15-7-3-8-16-44)53(66-56)45-17-9-4-10-18-45/h2-32,48,50-51,55,59-60H,33-37H2,1H3,(H,57,61)/t48-,50+,51+,55+/m0/s1. The fourth-order valence-electron chi connectivity index (χ4n) is 8.14. The number of nitrogens with zero attached hydrogens (tertiary/aromatic N) is 1. The van der Waals surface area contributed by atoms with E-state index in [-0.39, 0.29) is 36.7 Å². The number of nitrogens with one attached hydrogen (secondary N) is 2. The predicted molar refractivity (Wildman–Crippen MR) is 266 cm³/mol. The summed E-state index contributed by atoms with van der Waals surface area (Å²) in [6.45, 7) is 2.04. The molecule has 1 fully saturated rings. The van der Waals surface area contributed by atoms with Gasteiger partial charge in [-0.25, -0.2) is 13.4 Å². The number of aliphatic hydroxyl groups excluding tert-OH is 1. The number of carbonyl (C=O) groups excluding carboxylic acids is 1. The van der Waals surface area contributed by atoms with Crippen LogP contribution in [0.15, 0.2) is 203 Å². The molecular formula is C56H51N3O7S2. The van der Waals surface area contributed by atoms with Gasteiger partial charge in [-0.05, 0) is 64.9 Å². The van der Waals surface area contributed by atoms with Crippen LogP contribution in [0.3, 0.4) is 0 Å². The number of amides is 1. The van der Waals surface area contributed by atoms with Crippen molar-refractivity contribution in [1.29, 1.82) is 0 Å². The molecule has 68 heavy (non-hydrogen) atoms. The highest BCUT2D eigenvalue weighted by Gasteiger charge is 2.33. The van der Waals surface area contributed by atoms with Crippen LogP contribution in [-0.4, -0.2) is 42.3 Å². The number of ether oxygens (including phenoxy) is 2. The summed E-state index contributed by atoms with van der Waals surface area (Å²) < 4.78 is 49.3. The minimum Gasteiger partial charge on any atom is -0.431 e. The van der Waals surface area contributed by atoms with Gasteiger partial charge in [-0.1, -0.05) is 187 Å². The van der Waals surface area contributed by atoms with E-state index in [4.69, 9.17) is 18.9 Å². The fraction of sp³-hybridized carbons (Fsp3) is 0.179. The van der Waals surface area contributed by atoms with Gasteiger partial charge in [0.25, 0.3) is 5.22 Å². The number of carbonyl (C=O) groups is 1. The smallest absolute Gasteiger partial charge is 0.256 e. The maximum atomic E-state index is 13.7. The summed E-state index contributed by atoms with van der Waals surface area (Å²) in [5, 5.41) is 13.2. The number of benzene rings is 7. The molecule has 0 spiro atoms. The minimum absolute atomic E-state index is 0.0408. The number of aryl methyl sites for hydroxylation is 1. The second kappa shape index (κ2) is 21.5. The van der Waals surface area contributed by atoms with Crippen LogP contribution >= 0.6 is 11.8 Å². The molecule has 8 aromatic rings. The molecule has 1 amide bonds. The largest absolute Gasteiger partial charge is 0.431 e. The molecular weight excluding hydrogens is 891 g/mol.